The third-order valence-electron chi connectivity index (χ3n) is 2.92. The summed E-state index contributed by atoms with van der Waals surface area (Å²) in [5.41, 5.74) is 7.26. The van der Waals surface area contributed by atoms with Crippen LogP contribution in [0.3, 0.4) is 0 Å². The van der Waals surface area contributed by atoms with E-state index in [0.29, 0.717) is 27.4 Å². The van der Waals surface area contributed by atoms with E-state index in [1.54, 1.807) is 6.07 Å². The summed E-state index contributed by atoms with van der Waals surface area (Å²) in [5, 5.41) is 20.5. The molecule has 102 valence electrons. The van der Waals surface area contributed by atoms with Gasteiger partial charge in [0, 0.05) is 10.9 Å². The van der Waals surface area contributed by atoms with E-state index in [1.165, 1.54) is 12.1 Å². The van der Waals surface area contributed by atoms with Crippen LogP contribution in [0.5, 0.6) is 0 Å². The Bertz CT molecular complexity index is 734. The van der Waals surface area contributed by atoms with Crippen LogP contribution < -0.4 is 5.73 Å². The summed E-state index contributed by atoms with van der Waals surface area (Å²) in [6.07, 6.45) is 0.571. The van der Waals surface area contributed by atoms with E-state index in [9.17, 15) is 10.1 Å². The topological polar surface area (TPSA) is 93.0 Å². The van der Waals surface area contributed by atoms with Crippen molar-refractivity contribution in [3.63, 3.8) is 0 Å². The number of nitrogens with zero attached hydrogens (tertiary/aromatic N) is 2. The van der Waals surface area contributed by atoms with Crippen molar-refractivity contribution in [1.82, 2.24) is 0 Å². The van der Waals surface area contributed by atoms with Crippen molar-refractivity contribution >= 4 is 34.3 Å². The molecule has 0 unspecified atom stereocenters. The minimum Gasteiger partial charge on any atom is -0.397 e. The molecular formula is C13H10ClN3O2S. The Morgan fingerprint density at radius 1 is 1.55 bits per heavy atom. The molecule has 7 heteroatoms. The smallest absolute Gasteiger partial charge is 0.279 e. The molecule has 0 saturated carbocycles. The zero-order chi connectivity index (χ0) is 14.9. The monoisotopic (exact) mass is 307 g/mol. The van der Waals surface area contributed by atoms with E-state index in [-0.39, 0.29) is 10.7 Å². The molecule has 2 aromatic rings. The van der Waals surface area contributed by atoms with E-state index in [1.807, 2.05) is 13.0 Å². The fourth-order valence-corrected chi connectivity index (χ4v) is 3.50. The van der Waals surface area contributed by atoms with Gasteiger partial charge < -0.3 is 5.73 Å². The molecule has 0 spiro atoms. The number of hydrogen-bond acceptors (Lipinski definition) is 5. The molecule has 5 nitrogen and oxygen atoms in total. The average Bonchev–Trinajstić information content (AvgIpc) is 2.74. The van der Waals surface area contributed by atoms with E-state index in [0.717, 1.165) is 16.9 Å². The standard InChI is InChI=1S/C13H10ClN3O2S/c1-2-7-12(16)10(6-15)20-13(7)11-8(14)4-3-5-9(11)17(18)19/h3-5H,2,16H2,1H3. The highest BCUT2D eigenvalue weighted by Gasteiger charge is 2.25. The lowest BCUT2D eigenvalue weighted by Crippen LogP contribution is -1.95. The molecule has 0 bridgehead atoms. The molecule has 20 heavy (non-hydrogen) atoms. The van der Waals surface area contributed by atoms with Crippen molar-refractivity contribution in [3.8, 4) is 16.5 Å². The highest BCUT2D eigenvalue weighted by molar-refractivity contribution is 7.17. The van der Waals surface area contributed by atoms with E-state index in [2.05, 4.69) is 0 Å². The molecule has 1 aromatic carbocycles. The first-order valence-electron chi connectivity index (χ1n) is 5.75. The number of nitrogen functional groups attached to an aromatic ring is 1. The van der Waals surface area contributed by atoms with Crippen molar-refractivity contribution in [1.29, 1.82) is 5.26 Å². The minimum absolute atomic E-state index is 0.0852. The maximum Gasteiger partial charge on any atom is 0.279 e. The third-order valence-corrected chi connectivity index (χ3v) is 4.40. The van der Waals surface area contributed by atoms with Crippen molar-refractivity contribution in [2.24, 2.45) is 0 Å². The fourth-order valence-electron chi connectivity index (χ4n) is 2.00. The zero-order valence-corrected chi connectivity index (χ0v) is 12.1. The van der Waals surface area contributed by atoms with Crippen LogP contribution in [0.2, 0.25) is 5.02 Å². The maximum absolute atomic E-state index is 11.2. The Kier molecular flexibility index (Phi) is 3.93. The molecule has 0 atom stereocenters. The van der Waals surface area contributed by atoms with E-state index >= 15 is 0 Å². The highest BCUT2D eigenvalue weighted by atomic mass is 35.5. The van der Waals surface area contributed by atoms with Crippen LogP contribution in [-0.4, -0.2) is 4.92 Å². The number of halogens is 1. The van der Waals surface area contributed by atoms with Crippen LogP contribution in [0.1, 0.15) is 17.4 Å². The number of benzene rings is 1. The first-order chi connectivity index (χ1) is 9.51. The van der Waals surface area contributed by atoms with Gasteiger partial charge in [-0.25, -0.2) is 0 Å². The number of nitriles is 1. The number of thiophene rings is 1. The molecule has 0 aliphatic heterocycles. The number of nitro benzene ring substituents is 1. The number of anilines is 1. The van der Waals surface area contributed by atoms with Gasteiger partial charge in [0.15, 0.2) is 0 Å². The second kappa shape index (κ2) is 5.49. The van der Waals surface area contributed by atoms with Gasteiger partial charge in [-0.2, -0.15) is 5.26 Å². The van der Waals surface area contributed by atoms with Crippen LogP contribution in [0.25, 0.3) is 10.4 Å². The molecule has 0 amide bonds. The van der Waals surface area contributed by atoms with Crippen LogP contribution in [0, 0.1) is 21.4 Å². The number of nitrogens with two attached hydrogens (primary N) is 1. The van der Waals surface area contributed by atoms with Gasteiger partial charge in [-0.15, -0.1) is 11.3 Å². The van der Waals surface area contributed by atoms with Crippen LogP contribution in [0.15, 0.2) is 18.2 Å². The second-order valence-corrected chi connectivity index (χ2v) is 5.44. The van der Waals surface area contributed by atoms with Crippen LogP contribution in [-0.2, 0) is 6.42 Å². The summed E-state index contributed by atoms with van der Waals surface area (Å²) in [6, 6.07) is 6.51. The summed E-state index contributed by atoms with van der Waals surface area (Å²) < 4.78 is 0. The number of hydrogen-bond donors (Lipinski definition) is 1. The van der Waals surface area contributed by atoms with E-state index in [4.69, 9.17) is 22.6 Å². The molecule has 0 aliphatic rings. The second-order valence-electron chi connectivity index (χ2n) is 4.01. The zero-order valence-electron chi connectivity index (χ0n) is 10.5. The molecule has 0 radical (unpaired) electrons. The van der Waals surface area contributed by atoms with Crippen LogP contribution >= 0.6 is 22.9 Å². The first-order valence-corrected chi connectivity index (χ1v) is 6.95. The highest BCUT2D eigenvalue weighted by Crippen LogP contribution is 2.45. The summed E-state index contributed by atoms with van der Waals surface area (Å²) in [7, 11) is 0. The lowest BCUT2D eigenvalue weighted by Gasteiger charge is -2.06. The quantitative estimate of drug-likeness (QED) is 0.685. The van der Waals surface area contributed by atoms with Crippen molar-refractivity contribution in [3.05, 3.63) is 43.8 Å². The predicted molar refractivity (Wildman–Crippen MR) is 79.9 cm³/mol. The largest absolute Gasteiger partial charge is 0.397 e. The Morgan fingerprint density at radius 3 is 2.80 bits per heavy atom. The summed E-state index contributed by atoms with van der Waals surface area (Å²) >= 11 is 7.25. The molecular weight excluding hydrogens is 298 g/mol. The minimum atomic E-state index is -0.484. The molecule has 2 rings (SSSR count). The Balaban J connectivity index is 2.82. The van der Waals surface area contributed by atoms with Gasteiger partial charge in [-0.3, -0.25) is 10.1 Å². The molecule has 0 saturated heterocycles. The predicted octanol–water partition coefficient (Wildman–Crippen LogP) is 3.99. The van der Waals surface area contributed by atoms with Gasteiger partial charge >= 0.3 is 0 Å². The summed E-state index contributed by atoms with van der Waals surface area (Å²) in [6.45, 7) is 1.88. The number of rotatable bonds is 3. The molecule has 1 heterocycles. The number of nitro groups is 1. The van der Waals surface area contributed by atoms with Gasteiger partial charge in [-0.05, 0) is 18.1 Å². The third kappa shape index (κ3) is 2.22. The average molecular weight is 308 g/mol. The van der Waals surface area contributed by atoms with E-state index < -0.39 is 4.92 Å². The molecule has 0 fully saturated rings. The van der Waals surface area contributed by atoms with Gasteiger partial charge in [0.05, 0.1) is 21.2 Å². The lowest BCUT2D eigenvalue weighted by atomic mass is 10.0. The van der Waals surface area contributed by atoms with Crippen molar-refractivity contribution < 1.29 is 4.92 Å². The Labute approximate surface area is 124 Å². The Hall–Kier alpha value is -2.10. The lowest BCUT2D eigenvalue weighted by molar-refractivity contribution is -0.384. The molecule has 0 aliphatic carbocycles. The SMILES string of the molecule is CCc1c(-c2c(Cl)cccc2[N+](=O)[O-])sc(C#N)c1N. The van der Waals surface area contributed by atoms with Gasteiger partial charge in [0.2, 0.25) is 0 Å². The maximum atomic E-state index is 11.2. The van der Waals surface area contributed by atoms with Gasteiger partial charge in [0.1, 0.15) is 10.9 Å². The summed E-state index contributed by atoms with van der Waals surface area (Å²) in [4.78, 5) is 11.6. The normalized spacial score (nSPS) is 10.2. The van der Waals surface area contributed by atoms with Gasteiger partial charge in [-0.1, -0.05) is 24.6 Å². The first kappa shape index (κ1) is 14.3. The van der Waals surface area contributed by atoms with Crippen molar-refractivity contribution in [2.45, 2.75) is 13.3 Å². The fraction of sp³-hybridized carbons (Fsp3) is 0.154. The molecule has 2 N–H and O–H groups in total. The van der Waals surface area contributed by atoms with Crippen molar-refractivity contribution in [2.75, 3.05) is 5.73 Å². The van der Waals surface area contributed by atoms with Gasteiger partial charge in [0.25, 0.3) is 5.69 Å². The van der Waals surface area contributed by atoms with Crippen LogP contribution in [0.4, 0.5) is 11.4 Å². The molecule has 1 aromatic heterocycles. The Morgan fingerprint density at radius 2 is 2.25 bits per heavy atom. The summed E-state index contributed by atoms with van der Waals surface area (Å²) in [5.74, 6) is 0.